The predicted molar refractivity (Wildman–Crippen MR) is 96.8 cm³/mol. The van der Waals surface area contributed by atoms with E-state index in [0.29, 0.717) is 18.1 Å². The van der Waals surface area contributed by atoms with E-state index in [1.807, 2.05) is 36.4 Å². The number of ether oxygens (including phenoxy) is 1. The van der Waals surface area contributed by atoms with Crippen molar-refractivity contribution in [2.75, 3.05) is 6.26 Å². The van der Waals surface area contributed by atoms with Gasteiger partial charge in [0.25, 0.3) is 0 Å². The Morgan fingerprint density at radius 2 is 1.68 bits per heavy atom. The van der Waals surface area contributed by atoms with Gasteiger partial charge in [-0.15, -0.1) is 0 Å². The van der Waals surface area contributed by atoms with Gasteiger partial charge in [0.1, 0.15) is 6.61 Å². The summed E-state index contributed by atoms with van der Waals surface area (Å²) < 4.78 is 28.3. The van der Waals surface area contributed by atoms with Crippen molar-refractivity contribution in [3.8, 4) is 17.1 Å². The van der Waals surface area contributed by atoms with E-state index in [9.17, 15) is 8.42 Å². The zero-order valence-corrected chi connectivity index (χ0v) is 14.6. The van der Waals surface area contributed by atoms with Gasteiger partial charge in [-0.05, 0) is 23.3 Å². The zero-order chi connectivity index (χ0) is 17.7. The summed E-state index contributed by atoms with van der Waals surface area (Å²) in [6, 6.07) is 17.1. The fraction of sp³-hybridized carbons (Fsp3) is 0.158. The molecule has 25 heavy (non-hydrogen) atoms. The third kappa shape index (κ3) is 5.12. The van der Waals surface area contributed by atoms with E-state index in [2.05, 4.69) is 9.97 Å². The average molecular weight is 354 g/mol. The maximum Gasteiger partial charge on any atom is 0.213 e. The second-order valence-electron chi connectivity index (χ2n) is 5.78. The number of aromatic nitrogens is 2. The summed E-state index contributed by atoms with van der Waals surface area (Å²) in [5.41, 5.74) is 3.33. The Morgan fingerprint density at radius 1 is 0.880 bits per heavy atom. The zero-order valence-electron chi connectivity index (χ0n) is 13.8. The van der Waals surface area contributed by atoms with Crippen molar-refractivity contribution in [2.24, 2.45) is 0 Å². The first kappa shape index (κ1) is 17.1. The van der Waals surface area contributed by atoms with E-state index in [1.54, 1.807) is 30.6 Å². The van der Waals surface area contributed by atoms with Crippen LogP contribution in [0, 0.1) is 0 Å². The summed E-state index contributed by atoms with van der Waals surface area (Å²) in [4.78, 5) is 8.60. The molecule has 2 heterocycles. The lowest BCUT2D eigenvalue weighted by molar-refractivity contribution is 0.294. The smallest absolute Gasteiger partial charge is 0.213 e. The maximum atomic E-state index is 11.3. The summed E-state index contributed by atoms with van der Waals surface area (Å²) in [6.07, 6.45) is 4.48. The third-order valence-electron chi connectivity index (χ3n) is 3.52. The normalized spacial score (nSPS) is 11.2. The van der Waals surface area contributed by atoms with Crippen molar-refractivity contribution in [2.45, 2.75) is 12.4 Å². The summed E-state index contributed by atoms with van der Waals surface area (Å²) in [6.45, 7) is 0.464. The summed E-state index contributed by atoms with van der Waals surface area (Å²) >= 11 is 0. The highest BCUT2D eigenvalue weighted by Gasteiger charge is 2.06. The second-order valence-corrected chi connectivity index (χ2v) is 7.92. The van der Waals surface area contributed by atoms with Crippen LogP contribution in [0.15, 0.2) is 67.0 Å². The minimum Gasteiger partial charge on any atom is -0.473 e. The molecule has 6 heteroatoms. The van der Waals surface area contributed by atoms with Crippen LogP contribution in [0.5, 0.6) is 5.88 Å². The number of sulfone groups is 1. The number of rotatable bonds is 6. The van der Waals surface area contributed by atoms with Crippen LogP contribution < -0.4 is 4.74 Å². The Bertz CT molecular complexity index is 923. The van der Waals surface area contributed by atoms with E-state index in [-0.39, 0.29) is 5.75 Å². The molecule has 5 nitrogen and oxygen atoms in total. The molecule has 0 spiro atoms. The lowest BCUT2D eigenvalue weighted by atomic mass is 10.2. The van der Waals surface area contributed by atoms with Crippen LogP contribution in [0.1, 0.15) is 11.1 Å². The minimum atomic E-state index is -3.06. The number of nitrogens with zero attached hydrogens (tertiary/aromatic N) is 2. The standard InChI is InChI=1S/C19H18N2O3S/c1-25(22,23)14-16-7-9-18(20-11-16)17-8-10-19(21-12-17)24-13-15-5-3-2-4-6-15/h2-12H,13-14H2,1H3. The van der Waals surface area contributed by atoms with Gasteiger partial charge in [0.2, 0.25) is 5.88 Å². The van der Waals surface area contributed by atoms with Crippen molar-refractivity contribution < 1.29 is 13.2 Å². The molecule has 2 aromatic heterocycles. The number of hydrogen-bond acceptors (Lipinski definition) is 5. The van der Waals surface area contributed by atoms with Crippen molar-refractivity contribution in [1.29, 1.82) is 0 Å². The first-order valence-electron chi connectivity index (χ1n) is 7.75. The summed E-state index contributed by atoms with van der Waals surface area (Å²) in [5, 5.41) is 0. The highest BCUT2D eigenvalue weighted by atomic mass is 32.2. The van der Waals surface area contributed by atoms with Crippen LogP contribution in [0.3, 0.4) is 0 Å². The molecular formula is C19H18N2O3S. The Balaban J connectivity index is 1.65. The van der Waals surface area contributed by atoms with E-state index >= 15 is 0 Å². The Morgan fingerprint density at radius 3 is 2.28 bits per heavy atom. The van der Waals surface area contributed by atoms with Gasteiger partial charge >= 0.3 is 0 Å². The Kier molecular flexibility index (Phi) is 5.09. The molecule has 0 saturated heterocycles. The largest absolute Gasteiger partial charge is 0.473 e. The molecule has 0 unspecified atom stereocenters. The monoisotopic (exact) mass is 354 g/mol. The molecule has 0 N–H and O–H groups in total. The van der Waals surface area contributed by atoms with Crippen molar-refractivity contribution >= 4 is 9.84 Å². The number of hydrogen-bond donors (Lipinski definition) is 0. The van der Waals surface area contributed by atoms with Gasteiger partial charge in [0.05, 0.1) is 11.4 Å². The molecule has 0 aliphatic carbocycles. The quantitative estimate of drug-likeness (QED) is 0.679. The number of pyridine rings is 2. The van der Waals surface area contributed by atoms with Gasteiger partial charge in [0, 0.05) is 30.3 Å². The van der Waals surface area contributed by atoms with Crippen LogP contribution in [0.4, 0.5) is 0 Å². The summed E-state index contributed by atoms with van der Waals surface area (Å²) in [5.74, 6) is 0.534. The average Bonchev–Trinajstić information content (AvgIpc) is 2.61. The molecule has 0 aliphatic heterocycles. The van der Waals surface area contributed by atoms with Gasteiger partial charge in [-0.2, -0.15) is 0 Å². The van der Waals surface area contributed by atoms with Gasteiger partial charge in [-0.25, -0.2) is 13.4 Å². The van der Waals surface area contributed by atoms with Crippen molar-refractivity contribution in [3.05, 3.63) is 78.1 Å². The molecule has 1 aromatic carbocycles. The summed E-state index contributed by atoms with van der Waals surface area (Å²) in [7, 11) is -3.06. The first-order chi connectivity index (χ1) is 12.0. The predicted octanol–water partition coefficient (Wildman–Crippen LogP) is 3.27. The molecule has 3 rings (SSSR count). The van der Waals surface area contributed by atoms with E-state index in [1.165, 1.54) is 6.26 Å². The maximum absolute atomic E-state index is 11.3. The van der Waals surface area contributed by atoms with Gasteiger partial charge in [0.15, 0.2) is 9.84 Å². The van der Waals surface area contributed by atoms with Crippen LogP contribution in [-0.2, 0) is 22.2 Å². The van der Waals surface area contributed by atoms with E-state index in [0.717, 1.165) is 16.8 Å². The molecular weight excluding hydrogens is 336 g/mol. The van der Waals surface area contributed by atoms with Crippen LogP contribution in [-0.4, -0.2) is 24.6 Å². The van der Waals surface area contributed by atoms with E-state index < -0.39 is 9.84 Å². The van der Waals surface area contributed by atoms with Crippen LogP contribution in [0.25, 0.3) is 11.3 Å². The fourth-order valence-electron chi connectivity index (χ4n) is 2.33. The van der Waals surface area contributed by atoms with Gasteiger partial charge in [-0.3, -0.25) is 4.98 Å². The molecule has 0 saturated carbocycles. The first-order valence-corrected chi connectivity index (χ1v) is 9.81. The van der Waals surface area contributed by atoms with Gasteiger partial charge in [-0.1, -0.05) is 36.4 Å². The molecule has 0 aliphatic rings. The second kappa shape index (κ2) is 7.44. The lowest BCUT2D eigenvalue weighted by Gasteiger charge is -2.07. The molecule has 0 fully saturated rings. The van der Waals surface area contributed by atoms with Crippen LogP contribution in [0.2, 0.25) is 0 Å². The van der Waals surface area contributed by atoms with Gasteiger partial charge < -0.3 is 4.74 Å². The SMILES string of the molecule is CS(=O)(=O)Cc1ccc(-c2ccc(OCc3ccccc3)nc2)nc1. The van der Waals surface area contributed by atoms with Crippen molar-refractivity contribution in [3.63, 3.8) is 0 Å². The third-order valence-corrected chi connectivity index (χ3v) is 4.37. The fourth-order valence-corrected chi connectivity index (χ4v) is 3.11. The molecule has 0 atom stereocenters. The van der Waals surface area contributed by atoms with Crippen molar-refractivity contribution in [1.82, 2.24) is 9.97 Å². The Labute approximate surface area is 147 Å². The molecule has 0 amide bonds. The van der Waals surface area contributed by atoms with E-state index in [4.69, 9.17) is 4.74 Å². The minimum absolute atomic E-state index is 0.00913. The molecule has 0 bridgehead atoms. The molecule has 3 aromatic rings. The molecule has 128 valence electrons. The topological polar surface area (TPSA) is 69.2 Å². The highest BCUT2D eigenvalue weighted by molar-refractivity contribution is 7.89. The van der Waals surface area contributed by atoms with Crippen LogP contribution >= 0.6 is 0 Å². The number of benzene rings is 1. The highest BCUT2D eigenvalue weighted by Crippen LogP contribution is 2.19. The lowest BCUT2D eigenvalue weighted by Crippen LogP contribution is -2.01. The Hall–Kier alpha value is -2.73. The molecule has 0 radical (unpaired) electrons.